The highest BCUT2D eigenvalue weighted by atomic mass is 19.1. The Kier molecular flexibility index (Phi) is 4.73. The number of rotatable bonds is 5. The molecule has 2 amide bonds. The van der Waals surface area contributed by atoms with E-state index >= 15 is 0 Å². The number of hydrogen-bond acceptors (Lipinski definition) is 3. The monoisotopic (exact) mass is 302 g/mol. The van der Waals surface area contributed by atoms with Gasteiger partial charge in [0.15, 0.2) is 6.61 Å². The number of amides is 2. The Labute approximate surface area is 126 Å². The lowest BCUT2D eigenvalue weighted by Crippen LogP contribution is -2.21. The summed E-state index contributed by atoms with van der Waals surface area (Å²) in [6.45, 7) is 1.31. The number of carbonyl (C=O) groups excluding carboxylic acids is 2. The first-order chi connectivity index (χ1) is 10.5. The molecule has 0 heterocycles. The molecule has 2 rings (SSSR count). The summed E-state index contributed by atoms with van der Waals surface area (Å²) in [6.07, 6.45) is 0. The van der Waals surface area contributed by atoms with E-state index in [1.807, 2.05) is 0 Å². The molecule has 0 bridgehead atoms. The van der Waals surface area contributed by atoms with E-state index in [4.69, 9.17) is 10.5 Å². The van der Waals surface area contributed by atoms with Crippen LogP contribution in [0.15, 0.2) is 42.5 Å². The molecule has 0 unspecified atom stereocenters. The van der Waals surface area contributed by atoms with Crippen LogP contribution in [0.1, 0.15) is 15.9 Å². The third-order valence-corrected chi connectivity index (χ3v) is 2.97. The maximum atomic E-state index is 13.4. The minimum absolute atomic E-state index is 0.191. The van der Waals surface area contributed by atoms with Gasteiger partial charge in [-0.15, -0.1) is 0 Å². The minimum atomic E-state index is -0.642. The highest BCUT2D eigenvalue weighted by Crippen LogP contribution is 2.17. The molecule has 0 spiro atoms. The second-order valence-electron chi connectivity index (χ2n) is 4.66. The standard InChI is InChI=1S/C16H15FN2O3/c1-10-6-7-11(8-13(10)17)19-15(20)9-22-14-5-3-2-4-12(14)16(18)21/h2-8H,9H2,1H3,(H2,18,21)(H,19,20). The first-order valence-electron chi connectivity index (χ1n) is 6.55. The van der Waals surface area contributed by atoms with E-state index < -0.39 is 17.6 Å². The van der Waals surface area contributed by atoms with Crippen LogP contribution in [-0.4, -0.2) is 18.4 Å². The molecule has 3 N–H and O–H groups in total. The summed E-state index contributed by atoms with van der Waals surface area (Å²) in [7, 11) is 0. The zero-order chi connectivity index (χ0) is 16.1. The average Bonchev–Trinajstić information content (AvgIpc) is 2.49. The van der Waals surface area contributed by atoms with Crippen LogP contribution in [0.5, 0.6) is 5.75 Å². The smallest absolute Gasteiger partial charge is 0.262 e. The number of carbonyl (C=O) groups is 2. The lowest BCUT2D eigenvalue weighted by Gasteiger charge is -2.10. The zero-order valence-corrected chi connectivity index (χ0v) is 11.9. The molecule has 2 aromatic rings. The summed E-state index contributed by atoms with van der Waals surface area (Å²) in [4.78, 5) is 23.0. The molecule has 2 aromatic carbocycles. The van der Waals surface area contributed by atoms with Crippen molar-refractivity contribution in [3.63, 3.8) is 0 Å². The van der Waals surface area contributed by atoms with Crippen molar-refractivity contribution < 1.29 is 18.7 Å². The van der Waals surface area contributed by atoms with Crippen molar-refractivity contribution in [2.24, 2.45) is 5.73 Å². The number of hydrogen-bond donors (Lipinski definition) is 2. The quantitative estimate of drug-likeness (QED) is 0.888. The van der Waals surface area contributed by atoms with Crippen molar-refractivity contribution in [2.75, 3.05) is 11.9 Å². The summed E-state index contributed by atoms with van der Waals surface area (Å²) >= 11 is 0. The number of halogens is 1. The van der Waals surface area contributed by atoms with Crippen molar-refractivity contribution in [1.29, 1.82) is 0 Å². The number of ether oxygens (including phenoxy) is 1. The third kappa shape index (κ3) is 3.82. The Hall–Kier alpha value is -2.89. The highest BCUT2D eigenvalue weighted by molar-refractivity contribution is 5.96. The maximum Gasteiger partial charge on any atom is 0.262 e. The van der Waals surface area contributed by atoms with E-state index in [2.05, 4.69) is 5.32 Å². The van der Waals surface area contributed by atoms with Crippen molar-refractivity contribution in [1.82, 2.24) is 0 Å². The lowest BCUT2D eigenvalue weighted by atomic mass is 10.2. The Morgan fingerprint density at radius 2 is 1.95 bits per heavy atom. The van der Waals surface area contributed by atoms with E-state index in [1.54, 1.807) is 37.3 Å². The molecule has 5 nitrogen and oxygen atoms in total. The molecule has 0 radical (unpaired) electrons. The van der Waals surface area contributed by atoms with Crippen LogP contribution >= 0.6 is 0 Å². The van der Waals surface area contributed by atoms with Gasteiger partial charge in [-0.2, -0.15) is 0 Å². The second-order valence-corrected chi connectivity index (χ2v) is 4.66. The fourth-order valence-corrected chi connectivity index (χ4v) is 1.81. The molecule has 0 atom stereocenters. The number of anilines is 1. The molecule has 0 aliphatic carbocycles. The second kappa shape index (κ2) is 6.71. The van der Waals surface area contributed by atoms with Crippen molar-refractivity contribution in [3.05, 3.63) is 59.4 Å². The van der Waals surface area contributed by atoms with E-state index in [0.29, 0.717) is 11.3 Å². The van der Waals surface area contributed by atoms with Gasteiger partial charge in [0, 0.05) is 5.69 Å². The van der Waals surface area contributed by atoms with Gasteiger partial charge in [0.05, 0.1) is 5.56 Å². The molecular formula is C16H15FN2O3. The molecule has 114 valence electrons. The molecule has 0 aliphatic rings. The molecule has 0 saturated carbocycles. The topological polar surface area (TPSA) is 81.4 Å². The Balaban J connectivity index is 1.98. The zero-order valence-electron chi connectivity index (χ0n) is 11.9. The van der Waals surface area contributed by atoms with Gasteiger partial charge in [0.2, 0.25) is 0 Å². The summed E-state index contributed by atoms with van der Waals surface area (Å²) < 4.78 is 18.7. The number of benzene rings is 2. The van der Waals surface area contributed by atoms with Crippen LogP contribution in [0.4, 0.5) is 10.1 Å². The van der Waals surface area contributed by atoms with Crippen molar-refractivity contribution in [2.45, 2.75) is 6.92 Å². The van der Waals surface area contributed by atoms with Gasteiger partial charge in [0.25, 0.3) is 11.8 Å². The van der Waals surface area contributed by atoms with Crippen LogP contribution in [0.3, 0.4) is 0 Å². The molecular weight excluding hydrogens is 287 g/mol. The fourth-order valence-electron chi connectivity index (χ4n) is 1.81. The van der Waals surface area contributed by atoms with Crippen molar-refractivity contribution in [3.8, 4) is 5.75 Å². The number of aryl methyl sites for hydroxylation is 1. The Morgan fingerprint density at radius 3 is 2.64 bits per heavy atom. The molecule has 22 heavy (non-hydrogen) atoms. The van der Waals surface area contributed by atoms with E-state index in [9.17, 15) is 14.0 Å². The molecule has 6 heteroatoms. The predicted molar refractivity (Wildman–Crippen MR) is 80.2 cm³/mol. The Morgan fingerprint density at radius 1 is 1.23 bits per heavy atom. The summed E-state index contributed by atoms with van der Waals surface area (Å²) in [5, 5.41) is 2.51. The lowest BCUT2D eigenvalue weighted by molar-refractivity contribution is -0.118. The van der Waals surface area contributed by atoms with Gasteiger partial charge in [-0.3, -0.25) is 9.59 Å². The van der Waals surface area contributed by atoms with Crippen LogP contribution in [0.25, 0.3) is 0 Å². The number of para-hydroxylation sites is 1. The number of nitrogens with two attached hydrogens (primary N) is 1. The van der Waals surface area contributed by atoms with E-state index in [-0.39, 0.29) is 17.9 Å². The largest absolute Gasteiger partial charge is 0.483 e. The normalized spacial score (nSPS) is 10.1. The van der Waals surface area contributed by atoms with Crippen molar-refractivity contribution >= 4 is 17.5 Å². The first-order valence-corrected chi connectivity index (χ1v) is 6.55. The van der Waals surface area contributed by atoms with Crippen LogP contribution in [-0.2, 0) is 4.79 Å². The van der Waals surface area contributed by atoms with Crippen LogP contribution in [0.2, 0.25) is 0 Å². The van der Waals surface area contributed by atoms with Crippen LogP contribution < -0.4 is 15.8 Å². The van der Waals surface area contributed by atoms with Gasteiger partial charge < -0.3 is 15.8 Å². The van der Waals surface area contributed by atoms with Gasteiger partial charge in [-0.1, -0.05) is 18.2 Å². The van der Waals surface area contributed by atoms with Gasteiger partial charge in [0.1, 0.15) is 11.6 Å². The predicted octanol–water partition coefficient (Wildman–Crippen LogP) is 2.25. The molecule has 0 aromatic heterocycles. The summed E-state index contributed by atoms with van der Waals surface area (Å²) in [5.41, 5.74) is 6.23. The van der Waals surface area contributed by atoms with Gasteiger partial charge in [-0.05, 0) is 36.8 Å². The number of nitrogens with one attached hydrogen (secondary N) is 1. The fraction of sp³-hybridized carbons (Fsp3) is 0.125. The van der Waals surface area contributed by atoms with E-state index in [0.717, 1.165) is 0 Å². The summed E-state index contributed by atoms with van der Waals surface area (Å²) in [6, 6.07) is 10.7. The molecule has 0 fully saturated rings. The SMILES string of the molecule is Cc1ccc(NC(=O)COc2ccccc2C(N)=O)cc1F. The van der Waals surface area contributed by atoms with Gasteiger partial charge >= 0.3 is 0 Å². The number of primary amides is 1. The highest BCUT2D eigenvalue weighted by Gasteiger charge is 2.11. The average molecular weight is 302 g/mol. The third-order valence-electron chi connectivity index (χ3n) is 2.97. The maximum absolute atomic E-state index is 13.4. The molecule has 0 aliphatic heterocycles. The van der Waals surface area contributed by atoms with Gasteiger partial charge in [-0.25, -0.2) is 4.39 Å². The minimum Gasteiger partial charge on any atom is -0.483 e. The Bertz CT molecular complexity index is 716. The summed E-state index contributed by atoms with van der Waals surface area (Å²) in [5.74, 6) is -1.29. The van der Waals surface area contributed by atoms with Crippen LogP contribution in [0, 0.1) is 12.7 Å². The first kappa shape index (κ1) is 15.5. The molecule has 0 saturated heterocycles. The van der Waals surface area contributed by atoms with E-state index in [1.165, 1.54) is 12.1 Å².